The van der Waals surface area contributed by atoms with E-state index in [0.717, 1.165) is 30.1 Å². The fourth-order valence-electron chi connectivity index (χ4n) is 2.39. The summed E-state index contributed by atoms with van der Waals surface area (Å²) in [5, 5.41) is 8.90. The summed E-state index contributed by atoms with van der Waals surface area (Å²) >= 11 is 0. The predicted octanol–water partition coefficient (Wildman–Crippen LogP) is 3.10. The third-order valence-electron chi connectivity index (χ3n) is 3.35. The van der Waals surface area contributed by atoms with E-state index in [2.05, 4.69) is 30.0 Å². The van der Waals surface area contributed by atoms with Crippen LogP contribution in [0, 0.1) is 24.2 Å². The smallest absolute Gasteiger partial charge is 0.0994 e. The molecule has 2 nitrogen and oxygen atoms in total. The summed E-state index contributed by atoms with van der Waals surface area (Å²) in [5.41, 5.74) is 3.13. The van der Waals surface area contributed by atoms with Crippen LogP contribution in [0.4, 0.5) is 5.69 Å². The first-order chi connectivity index (χ1) is 7.70. The normalized spacial score (nSPS) is 20.6. The molecule has 84 valence electrons. The Morgan fingerprint density at radius 1 is 1.44 bits per heavy atom. The molecule has 1 heterocycles. The average molecular weight is 214 g/mol. The van der Waals surface area contributed by atoms with E-state index in [-0.39, 0.29) is 0 Å². The molecule has 1 fully saturated rings. The molecule has 1 saturated heterocycles. The number of rotatable bonds is 1. The third kappa shape index (κ3) is 2.19. The van der Waals surface area contributed by atoms with Crippen molar-refractivity contribution in [2.45, 2.75) is 26.7 Å². The zero-order valence-corrected chi connectivity index (χ0v) is 10.0. The van der Waals surface area contributed by atoms with E-state index in [1.54, 1.807) is 0 Å². The van der Waals surface area contributed by atoms with Crippen LogP contribution in [0.25, 0.3) is 0 Å². The molecule has 0 spiro atoms. The van der Waals surface area contributed by atoms with Gasteiger partial charge in [-0.25, -0.2) is 0 Å². The Morgan fingerprint density at radius 2 is 2.25 bits per heavy atom. The topological polar surface area (TPSA) is 27.0 Å². The third-order valence-corrected chi connectivity index (χ3v) is 3.35. The van der Waals surface area contributed by atoms with Crippen molar-refractivity contribution in [1.29, 1.82) is 5.26 Å². The number of hydrogen-bond donors (Lipinski definition) is 0. The summed E-state index contributed by atoms with van der Waals surface area (Å²) < 4.78 is 0. The quantitative estimate of drug-likeness (QED) is 0.718. The van der Waals surface area contributed by atoms with Gasteiger partial charge < -0.3 is 4.90 Å². The van der Waals surface area contributed by atoms with Crippen LogP contribution < -0.4 is 4.90 Å². The molecular weight excluding hydrogens is 196 g/mol. The fourth-order valence-corrected chi connectivity index (χ4v) is 2.39. The van der Waals surface area contributed by atoms with Crippen molar-refractivity contribution >= 4 is 5.69 Å². The molecule has 0 N–H and O–H groups in total. The number of nitrogens with zero attached hydrogens (tertiary/aromatic N) is 2. The number of nitriles is 1. The van der Waals surface area contributed by atoms with Gasteiger partial charge in [0, 0.05) is 18.8 Å². The molecule has 0 amide bonds. The molecule has 1 aliphatic heterocycles. The number of piperidine rings is 1. The van der Waals surface area contributed by atoms with Crippen molar-refractivity contribution in [1.82, 2.24) is 0 Å². The predicted molar refractivity (Wildman–Crippen MR) is 66.5 cm³/mol. The lowest BCUT2D eigenvalue weighted by molar-refractivity contribution is 0.447. The lowest BCUT2D eigenvalue weighted by Gasteiger charge is -2.33. The minimum atomic E-state index is 0.782. The summed E-state index contributed by atoms with van der Waals surface area (Å²) in [5.74, 6) is 0.782. The Labute approximate surface area is 97.5 Å². The highest BCUT2D eigenvalue weighted by molar-refractivity contribution is 5.53. The van der Waals surface area contributed by atoms with E-state index >= 15 is 0 Å². The second-order valence-electron chi connectivity index (χ2n) is 4.80. The van der Waals surface area contributed by atoms with Crippen molar-refractivity contribution < 1.29 is 0 Å². The highest BCUT2D eigenvalue weighted by Gasteiger charge is 2.16. The van der Waals surface area contributed by atoms with Gasteiger partial charge in [-0.05, 0) is 49.4 Å². The van der Waals surface area contributed by atoms with E-state index in [0.29, 0.717) is 0 Å². The first-order valence-electron chi connectivity index (χ1n) is 5.96. The minimum absolute atomic E-state index is 0.782. The molecule has 1 aromatic carbocycles. The van der Waals surface area contributed by atoms with Crippen LogP contribution in [0.1, 0.15) is 30.9 Å². The first kappa shape index (κ1) is 11.0. The molecule has 0 radical (unpaired) electrons. The Morgan fingerprint density at radius 3 is 2.88 bits per heavy atom. The van der Waals surface area contributed by atoms with Gasteiger partial charge in [0.05, 0.1) is 11.6 Å². The van der Waals surface area contributed by atoms with Gasteiger partial charge in [-0.2, -0.15) is 5.26 Å². The largest absolute Gasteiger partial charge is 0.371 e. The van der Waals surface area contributed by atoms with Crippen LogP contribution >= 0.6 is 0 Å². The van der Waals surface area contributed by atoms with Crippen LogP contribution in [0.5, 0.6) is 0 Å². The van der Waals surface area contributed by atoms with Crippen molar-refractivity contribution in [3.8, 4) is 6.07 Å². The van der Waals surface area contributed by atoms with Crippen LogP contribution in [0.2, 0.25) is 0 Å². The van der Waals surface area contributed by atoms with Crippen LogP contribution in [0.15, 0.2) is 18.2 Å². The zero-order valence-electron chi connectivity index (χ0n) is 10.0. The minimum Gasteiger partial charge on any atom is -0.371 e. The van der Waals surface area contributed by atoms with Crippen LogP contribution in [-0.2, 0) is 0 Å². The molecule has 1 aromatic rings. The summed E-state index contributed by atoms with van der Waals surface area (Å²) in [6.07, 6.45) is 2.62. The number of aryl methyl sites for hydroxylation is 1. The van der Waals surface area contributed by atoms with Crippen LogP contribution in [-0.4, -0.2) is 13.1 Å². The van der Waals surface area contributed by atoms with E-state index < -0.39 is 0 Å². The summed E-state index contributed by atoms with van der Waals surface area (Å²) in [4.78, 5) is 2.43. The molecular formula is C14H18N2. The molecule has 0 aliphatic carbocycles. The summed E-state index contributed by atoms with van der Waals surface area (Å²) in [7, 11) is 0. The molecule has 0 bridgehead atoms. The van der Waals surface area contributed by atoms with E-state index in [1.807, 2.05) is 13.0 Å². The maximum atomic E-state index is 8.90. The molecule has 1 atom stereocenters. The van der Waals surface area contributed by atoms with Gasteiger partial charge in [-0.1, -0.05) is 6.92 Å². The standard InChI is InChI=1S/C14H18N2/c1-11-4-3-7-16(10-11)14-6-5-13(9-15)12(2)8-14/h5-6,8,11H,3-4,7,10H2,1-2H3. The summed E-state index contributed by atoms with van der Waals surface area (Å²) in [6.45, 7) is 6.61. The van der Waals surface area contributed by atoms with Gasteiger partial charge in [-0.3, -0.25) is 0 Å². The maximum Gasteiger partial charge on any atom is 0.0994 e. The average Bonchev–Trinajstić information content (AvgIpc) is 2.29. The van der Waals surface area contributed by atoms with Gasteiger partial charge in [0.15, 0.2) is 0 Å². The van der Waals surface area contributed by atoms with Gasteiger partial charge >= 0.3 is 0 Å². The molecule has 1 aliphatic rings. The SMILES string of the molecule is Cc1cc(N2CCCC(C)C2)ccc1C#N. The highest BCUT2D eigenvalue weighted by Crippen LogP contribution is 2.24. The Kier molecular flexibility index (Phi) is 3.14. The molecule has 16 heavy (non-hydrogen) atoms. The summed E-state index contributed by atoms with van der Waals surface area (Å²) in [6, 6.07) is 8.36. The first-order valence-corrected chi connectivity index (χ1v) is 5.96. The second kappa shape index (κ2) is 4.57. The molecule has 2 rings (SSSR count). The van der Waals surface area contributed by atoms with E-state index in [4.69, 9.17) is 5.26 Å². The second-order valence-corrected chi connectivity index (χ2v) is 4.80. The van der Waals surface area contributed by atoms with Gasteiger partial charge in [0.2, 0.25) is 0 Å². The zero-order chi connectivity index (χ0) is 11.5. The van der Waals surface area contributed by atoms with E-state index in [9.17, 15) is 0 Å². The van der Waals surface area contributed by atoms with Crippen molar-refractivity contribution in [2.24, 2.45) is 5.92 Å². The number of anilines is 1. The highest BCUT2D eigenvalue weighted by atomic mass is 15.1. The number of hydrogen-bond acceptors (Lipinski definition) is 2. The lowest BCUT2D eigenvalue weighted by Crippen LogP contribution is -2.34. The van der Waals surface area contributed by atoms with Crippen molar-refractivity contribution in [3.63, 3.8) is 0 Å². The van der Waals surface area contributed by atoms with Crippen molar-refractivity contribution in [3.05, 3.63) is 29.3 Å². The van der Waals surface area contributed by atoms with E-state index in [1.165, 1.54) is 18.5 Å². The molecule has 0 aromatic heterocycles. The van der Waals surface area contributed by atoms with Gasteiger partial charge in [0.1, 0.15) is 0 Å². The molecule has 1 unspecified atom stereocenters. The number of benzene rings is 1. The van der Waals surface area contributed by atoms with Crippen LogP contribution in [0.3, 0.4) is 0 Å². The fraction of sp³-hybridized carbons (Fsp3) is 0.500. The van der Waals surface area contributed by atoms with Gasteiger partial charge in [-0.15, -0.1) is 0 Å². The monoisotopic (exact) mass is 214 g/mol. The Bertz CT molecular complexity index is 417. The van der Waals surface area contributed by atoms with Gasteiger partial charge in [0.25, 0.3) is 0 Å². The lowest BCUT2D eigenvalue weighted by atomic mass is 9.99. The Balaban J connectivity index is 2.21. The van der Waals surface area contributed by atoms with Crippen molar-refractivity contribution in [2.75, 3.05) is 18.0 Å². The molecule has 0 saturated carbocycles. The Hall–Kier alpha value is -1.49. The molecule has 2 heteroatoms. The maximum absolute atomic E-state index is 8.90.